The fraction of sp³-hybridized carbons (Fsp3) is 0.214. The summed E-state index contributed by atoms with van der Waals surface area (Å²) in [5, 5.41) is 3.70. The fourth-order valence-corrected chi connectivity index (χ4v) is 2.11. The number of hydrogen-bond donors (Lipinski definition) is 1. The van der Waals surface area contributed by atoms with Crippen molar-refractivity contribution in [2.75, 3.05) is 12.4 Å². The first-order valence-electron chi connectivity index (χ1n) is 5.68. The minimum atomic E-state index is 0.725. The van der Waals surface area contributed by atoms with Crippen molar-refractivity contribution in [1.82, 2.24) is 4.98 Å². The summed E-state index contributed by atoms with van der Waals surface area (Å²) in [4.78, 5) is 4.15. The molecule has 0 radical (unpaired) electrons. The Hall–Kier alpha value is -1.74. The summed E-state index contributed by atoms with van der Waals surface area (Å²) in [6.07, 6.45) is 1.71. The Morgan fingerprint density at radius 2 is 1.83 bits per heavy atom. The lowest BCUT2D eigenvalue weighted by Gasteiger charge is -2.12. The fourth-order valence-electron chi connectivity index (χ4n) is 1.79. The van der Waals surface area contributed by atoms with Crippen LogP contribution in [0.1, 0.15) is 11.1 Å². The topological polar surface area (TPSA) is 34.1 Å². The maximum absolute atomic E-state index is 6.00. The number of nitrogens with zero attached hydrogens (tertiary/aromatic N) is 1. The second kappa shape index (κ2) is 5.27. The third-order valence-electron chi connectivity index (χ3n) is 2.63. The molecule has 4 heteroatoms. The Balaban J connectivity index is 2.33. The van der Waals surface area contributed by atoms with Crippen molar-refractivity contribution in [3.63, 3.8) is 0 Å². The average Bonchev–Trinajstić information content (AvgIpc) is 2.34. The molecule has 0 aliphatic rings. The van der Waals surface area contributed by atoms with Gasteiger partial charge in [0.25, 0.3) is 0 Å². The van der Waals surface area contributed by atoms with E-state index in [4.69, 9.17) is 16.3 Å². The maximum atomic E-state index is 6.00. The van der Waals surface area contributed by atoms with Crippen LogP contribution in [0, 0.1) is 13.8 Å². The molecule has 1 aromatic carbocycles. The Morgan fingerprint density at radius 3 is 2.44 bits per heavy atom. The number of nitrogens with one attached hydrogen (secondary N) is 1. The van der Waals surface area contributed by atoms with E-state index in [1.54, 1.807) is 6.20 Å². The van der Waals surface area contributed by atoms with E-state index >= 15 is 0 Å². The van der Waals surface area contributed by atoms with E-state index in [1.807, 2.05) is 45.2 Å². The van der Waals surface area contributed by atoms with Crippen LogP contribution in [0.5, 0.6) is 11.5 Å². The van der Waals surface area contributed by atoms with Crippen LogP contribution < -0.4 is 10.1 Å². The molecule has 0 aliphatic heterocycles. The molecule has 1 aromatic heterocycles. The number of hydrogen-bond acceptors (Lipinski definition) is 3. The summed E-state index contributed by atoms with van der Waals surface area (Å²) in [5.41, 5.74) is 2.03. The van der Waals surface area contributed by atoms with Gasteiger partial charge >= 0.3 is 0 Å². The molecule has 0 saturated heterocycles. The van der Waals surface area contributed by atoms with Gasteiger partial charge in [-0.2, -0.15) is 0 Å². The third-order valence-corrected chi connectivity index (χ3v) is 2.85. The van der Waals surface area contributed by atoms with Gasteiger partial charge in [0.2, 0.25) is 0 Å². The number of pyridine rings is 1. The number of anilines is 1. The number of halogens is 1. The molecule has 2 rings (SSSR count). The van der Waals surface area contributed by atoms with Gasteiger partial charge in [-0.05, 0) is 43.2 Å². The summed E-state index contributed by atoms with van der Waals surface area (Å²) in [6.45, 7) is 3.96. The Bertz CT molecular complexity index is 546. The molecule has 0 saturated carbocycles. The Labute approximate surface area is 112 Å². The van der Waals surface area contributed by atoms with Crippen LogP contribution in [-0.4, -0.2) is 12.0 Å². The quantitative estimate of drug-likeness (QED) is 0.901. The largest absolute Gasteiger partial charge is 0.457 e. The average molecular weight is 263 g/mol. The molecule has 0 unspecified atom stereocenters. The summed E-state index contributed by atoms with van der Waals surface area (Å²) >= 11 is 6.00. The molecule has 0 aliphatic carbocycles. The first kappa shape index (κ1) is 12.7. The van der Waals surface area contributed by atoms with Crippen molar-refractivity contribution in [2.24, 2.45) is 0 Å². The molecule has 2 aromatic rings. The summed E-state index contributed by atoms with van der Waals surface area (Å²) in [6, 6.07) is 7.47. The molecule has 94 valence electrons. The first-order chi connectivity index (χ1) is 8.60. The molecule has 0 amide bonds. The molecule has 1 N–H and O–H groups in total. The van der Waals surface area contributed by atoms with Crippen molar-refractivity contribution >= 4 is 17.4 Å². The lowest BCUT2D eigenvalue weighted by molar-refractivity contribution is 0.474. The van der Waals surface area contributed by atoms with E-state index in [-0.39, 0.29) is 0 Å². The van der Waals surface area contributed by atoms with E-state index in [9.17, 15) is 0 Å². The van der Waals surface area contributed by atoms with Crippen molar-refractivity contribution in [2.45, 2.75) is 13.8 Å². The predicted molar refractivity (Wildman–Crippen MR) is 74.8 cm³/mol. The smallest absolute Gasteiger partial charge is 0.133 e. The van der Waals surface area contributed by atoms with Gasteiger partial charge in [0, 0.05) is 24.3 Å². The number of benzene rings is 1. The zero-order valence-corrected chi connectivity index (χ0v) is 11.4. The molecule has 0 spiro atoms. The third kappa shape index (κ3) is 2.74. The van der Waals surface area contributed by atoms with Crippen molar-refractivity contribution in [3.05, 3.63) is 46.6 Å². The number of ether oxygens (including phenoxy) is 1. The second-order valence-corrected chi connectivity index (χ2v) is 4.53. The summed E-state index contributed by atoms with van der Waals surface area (Å²) in [7, 11) is 1.82. The number of rotatable bonds is 3. The predicted octanol–water partition coefficient (Wildman–Crippen LogP) is 4.19. The molecule has 1 heterocycles. The van der Waals surface area contributed by atoms with Crippen LogP contribution in [0.4, 0.5) is 5.82 Å². The number of aromatic nitrogens is 1. The van der Waals surface area contributed by atoms with Gasteiger partial charge < -0.3 is 10.1 Å². The Kier molecular flexibility index (Phi) is 3.72. The van der Waals surface area contributed by atoms with Gasteiger partial charge in [0.1, 0.15) is 17.3 Å². The first-order valence-corrected chi connectivity index (χ1v) is 6.06. The zero-order chi connectivity index (χ0) is 13.1. The van der Waals surface area contributed by atoms with Gasteiger partial charge in [-0.15, -0.1) is 0 Å². The van der Waals surface area contributed by atoms with Crippen LogP contribution >= 0.6 is 11.6 Å². The molecule has 0 fully saturated rings. The van der Waals surface area contributed by atoms with E-state index in [0.29, 0.717) is 0 Å². The summed E-state index contributed by atoms with van der Waals surface area (Å²) < 4.78 is 5.90. The van der Waals surface area contributed by atoms with Crippen LogP contribution in [0.3, 0.4) is 0 Å². The van der Waals surface area contributed by atoms with E-state index in [0.717, 1.165) is 33.5 Å². The highest BCUT2D eigenvalue weighted by Gasteiger charge is 2.07. The van der Waals surface area contributed by atoms with Crippen LogP contribution in [0.25, 0.3) is 0 Å². The van der Waals surface area contributed by atoms with Crippen LogP contribution in [0.15, 0.2) is 30.5 Å². The van der Waals surface area contributed by atoms with E-state index < -0.39 is 0 Å². The molecule has 3 nitrogen and oxygen atoms in total. The zero-order valence-electron chi connectivity index (χ0n) is 10.6. The van der Waals surface area contributed by atoms with Gasteiger partial charge in [0.15, 0.2) is 0 Å². The van der Waals surface area contributed by atoms with Gasteiger partial charge in [0.05, 0.1) is 0 Å². The van der Waals surface area contributed by atoms with Gasteiger partial charge in [-0.1, -0.05) is 11.6 Å². The molecule has 18 heavy (non-hydrogen) atoms. The standard InChI is InChI=1S/C14H15ClN2O/c1-9-6-11(15)7-10(2)14(9)18-12-4-5-17-13(8-12)16-3/h4-8H,1-3H3,(H,16,17). The van der Waals surface area contributed by atoms with Crippen LogP contribution in [-0.2, 0) is 0 Å². The lowest BCUT2D eigenvalue weighted by Crippen LogP contribution is -1.94. The van der Waals surface area contributed by atoms with Gasteiger partial charge in [-0.25, -0.2) is 4.98 Å². The Morgan fingerprint density at radius 1 is 1.17 bits per heavy atom. The van der Waals surface area contributed by atoms with Crippen molar-refractivity contribution in [1.29, 1.82) is 0 Å². The molecular weight excluding hydrogens is 248 g/mol. The highest BCUT2D eigenvalue weighted by molar-refractivity contribution is 6.30. The number of aryl methyl sites for hydroxylation is 2. The van der Waals surface area contributed by atoms with Crippen LogP contribution in [0.2, 0.25) is 5.02 Å². The molecule has 0 bridgehead atoms. The van der Waals surface area contributed by atoms with Crippen molar-refractivity contribution < 1.29 is 4.74 Å². The van der Waals surface area contributed by atoms with Crippen molar-refractivity contribution in [3.8, 4) is 11.5 Å². The SMILES string of the molecule is CNc1cc(Oc2c(C)cc(Cl)cc2C)ccn1. The summed E-state index contributed by atoms with van der Waals surface area (Å²) in [5.74, 6) is 2.37. The van der Waals surface area contributed by atoms with E-state index in [1.165, 1.54) is 0 Å². The van der Waals surface area contributed by atoms with Gasteiger partial charge in [-0.3, -0.25) is 0 Å². The van der Waals surface area contributed by atoms with E-state index in [2.05, 4.69) is 10.3 Å². The monoisotopic (exact) mass is 262 g/mol. The minimum absolute atomic E-state index is 0.725. The highest BCUT2D eigenvalue weighted by Crippen LogP contribution is 2.31. The second-order valence-electron chi connectivity index (χ2n) is 4.10. The lowest BCUT2D eigenvalue weighted by atomic mass is 10.1. The minimum Gasteiger partial charge on any atom is -0.457 e. The molecule has 0 atom stereocenters. The molecular formula is C14H15ClN2O. The highest BCUT2D eigenvalue weighted by atomic mass is 35.5. The maximum Gasteiger partial charge on any atom is 0.133 e. The normalized spacial score (nSPS) is 10.2.